The highest BCUT2D eigenvalue weighted by molar-refractivity contribution is 8.82. The van der Waals surface area contributed by atoms with Crippen molar-refractivity contribution in [3.8, 4) is 0 Å². The maximum Gasteiger partial charge on any atom is 0.261 e. The predicted molar refractivity (Wildman–Crippen MR) is 71.0 cm³/mol. The molecular weight excluding hydrogens is 226 g/mol. The van der Waals surface area contributed by atoms with Crippen LogP contribution in [0.15, 0.2) is 29.3 Å². The third-order valence-electron chi connectivity index (χ3n) is 1.68. The van der Waals surface area contributed by atoms with E-state index in [0.29, 0.717) is 5.23 Å². The van der Waals surface area contributed by atoms with Crippen molar-refractivity contribution in [2.75, 3.05) is 12.9 Å². The number of nitrogens with zero attached hydrogens (tertiary/aromatic N) is 1. The molecule has 0 fully saturated rings. The molecule has 0 amide bonds. The Labute approximate surface area is 98.9 Å². The Hall–Kier alpha value is -0.610. The number of methoxy groups -OCH3 is 1. The van der Waals surface area contributed by atoms with E-state index in [2.05, 4.69) is 18.8 Å². The fraction of sp³-hybridized carbons (Fsp3) is 0.364. The number of ether oxygens (including phenoxy) is 1. The third kappa shape index (κ3) is 4.62. The minimum Gasteiger partial charge on any atom is -0.476 e. The molecule has 0 heterocycles. The smallest absolute Gasteiger partial charge is 0.261 e. The maximum absolute atomic E-state index is 5.18. The summed E-state index contributed by atoms with van der Waals surface area (Å²) in [4.78, 5) is 4.39. The van der Waals surface area contributed by atoms with E-state index in [4.69, 9.17) is 4.74 Å². The summed E-state index contributed by atoms with van der Waals surface area (Å²) in [6, 6.07) is 8.07. The number of hydrogen-bond donors (Lipinski definition) is 0. The molecule has 0 N–H and O–H groups in total. The van der Waals surface area contributed by atoms with Crippen molar-refractivity contribution in [3.05, 3.63) is 29.8 Å². The van der Waals surface area contributed by atoms with Gasteiger partial charge in [0.2, 0.25) is 0 Å². The van der Waals surface area contributed by atoms with Crippen LogP contribution in [-0.2, 0) is 4.74 Å². The number of aliphatic imine (C=N–C) groups is 1. The van der Waals surface area contributed by atoms with E-state index in [1.165, 1.54) is 5.56 Å². The lowest BCUT2D eigenvalue weighted by atomic mass is 10.2. The van der Waals surface area contributed by atoms with Crippen LogP contribution in [0.4, 0.5) is 5.69 Å². The summed E-state index contributed by atoms with van der Waals surface area (Å²) in [6.45, 7) is 4.17. The Morgan fingerprint density at radius 2 is 2.00 bits per heavy atom. The van der Waals surface area contributed by atoms with E-state index in [9.17, 15) is 0 Å². The molecule has 82 valence electrons. The summed E-state index contributed by atoms with van der Waals surface area (Å²) in [7, 11) is 4.94. The molecule has 1 aromatic carbocycles. The first kappa shape index (κ1) is 12.5. The van der Waals surface area contributed by atoms with Crippen LogP contribution in [0.5, 0.6) is 0 Å². The molecule has 0 aromatic heterocycles. The van der Waals surface area contributed by atoms with Crippen molar-refractivity contribution in [1.29, 1.82) is 0 Å². The van der Waals surface area contributed by atoms with Crippen molar-refractivity contribution in [2.45, 2.75) is 13.8 Å². The van der Waals surface area contributed by atoms with Gasteiger partial charge in [0.05, 0.1) is 12.8 Å². The molecule has 0 aliphatic heterocycles. The van der Waals surface area contributed by atoms with Gasteiger partial charge in [-0.05, 0) is 19.1 Å². The summed E-state index contributed by atoms with van der Waals surface area (Å²) >= 11 is 0. The molecule has 1 aromatic rings. The minimum atomic E-state index is 0.700. The van der Waals surface area contributed by atoms with Crippen LogP contribution in [-0.4, -0.2) is 18.1 Å². The van der Waals surface area contributed by atoms with E-state index < -0.39 is 0 Å². The normalized spacial score (nSPS) is 11.5. The molecule has 0 spiro atoms. The van der Waals surface area contributed by atoms with Gasteiger partial charge in [-0.25, -0.2) is 4.99 Å². The molecule has 0 bridgehead atoms. The summed E-state index contributed by atoms with van der Waals surface area (Å²) in [5.41, 5.74) is 2.17. The largest absolute Gasteiger partial charge is 0.476 e. The average molecular weight is 241 g/mol. The molecule has 0 aliphatic rings. The van der Waals surface area contributed by atoms with Crippen LogP contribution in [0.2, 0.25) is 0 Å². The Balaban J connectivity index is 2.69. The summed E-state index contributed by atoms with van der Waals surface area (Å²) in [5.74, 6) is 1.04. The van der Waals surface area contributed by atoms with E-state index in [1.54, 1.807) is 28.7 Å². The number of benzene rings is 1. The van der Waals surface area contributed by atoms with Crippen LogP contribution in [0.25, 0.3) is 0 Å². The average Bonchev–Trinajstić information content (AvgIpc) is 2.27. The fourth-order valence-corrected chi connectivity index (χ4v) is 2.33. The number of rotatable bonds is 3. The molecule has 0 aliphatic carbocycles. The second-order valence-electron chi connectivity index (χ2n) is 2.91. The van der Waals surface area contributed by atoms with Crippen molar-refractivity contribution >= 4 is 32.5 Å². The summed E-state index contributed by atoms with van der Waals surface area (Å²) in [5, 5.41) is 0.700. The van der Waals surface area contributed by atoms with Gasteiger partial charge >= 0.3 is 0 Å². The molecule has 2 nitrogen and oxygen atoms in total. The van der Waals surface area contributed by atoms with Crippen LogP contribution in [0.1, 0.15) is 12.5 Å². The minimum absolute atomic E-state index is 0.700. The van der Waals surface area contributed by atoms with E-state index in [-0.39, 0.29) is 0 Å². The Morgan fingerprint density at radius 1 is 1.33 bits per heavy atom. The molecule has 1 rings (SSSR count). The van der Waals surface area contributed by atoms with Gasteiger partial charge in [-0.15, -0.1) is 0 Å². The first-order chi connectivity index (χ1) is 7.26. The van der Waals surface area contributed by atoms with Gasteiger partial charge in [-0.2, -0.15) is 0 Å². The Morgan fingerprint density at radius 3 is 2.53 bits per heavy atom. The zero-order valence-electron chi connectivity index (χ0n) is 9.19. The molecule has 0 atom stereocenters. The molecule has 4 heteroatoms. The Kier molecular flexibility index (Phi) is 5.65. The van der Waals surface area contributed by atoms with Crippen molar-refractivity contribution in [2.24, 2.45) is 4.99 Å². The predicted octanol–water partition coefficient (Wildman–Crippen LogP) is 4.03. The zero-order chi connectivity index (χ0) is 11.1. The van der Waals surface area contributed by atoms with E-state index >= 15 is 0 Å². The van der Waals surface area contributed by atoms with Gasteiger partial charge < -0.3 is 4.74 Å². The van der Waals surface area contributed by atoms with Gasteiger partial charge in [0, 0.05) is 16.5 Å². The van der Waals surface area contributed by atoms with E-state index in [0.717, 1.165) is 11.4 Å². The second-order valence-corrected chi connectivity index (χ2v) is 5.44. The van der Waals surface area contributed by atoms with Crippen molar-refractivity contribution < 1.29 is 4.74 Å². The molecule has 0 radical (unpaired) electrons. The molecule has 15 heavy (non-hydrogen) atoms. The topological polar surface area (TPSA) is 21.6 Å². The highest BCUT2D eigenvalue weighted by atomic mass is 33.1. The lowest BCUT2D eigenvalue weighted by Gasteiger charge is -2.02. The number of aryl methyl sites for hydroxylation is 1. The van der Waals surface area contributed by atoms with Crippen LogP contribution in [0.3, 0.4) is 0 Å². The maximum atomic E-state index is 5.18. The fourth-order valence-electron chi connectivity index (χ4n) is 0.932. The van der Waals surface area contributed by atoms with E-state index in [1.807, 2.05) is 24.3 Å². The summed E-state index contributed by atoms with van der Waals surface area (Å²) in [6.07, 6.45) is 0. The first-order valence-corrected chi connectivity index (χ1v) is 7.07. The molecular formula is C11H15NOS2. The standard InChI is InChI=1S/C11H15NOS2/c1-4-14-15-11(13-3)12-10-7-5-9(2)6-8-10/h5-8H,4H2,1-3H3. The van der Waals surface area contributed by atoms with Crippen LogP contribution >= 0.6 is 21.6 Å². The second kappa shape index (κ2) is 6.80. The van der Waals surface area contributed by atoms with Gasteiger partial charge in [-0.1, -0.05) is 35.4 Å². The van der Waals surface area contributed by atoms with Crippen LogP contribution in [0, 0.1) is 6.92 Å². The highest BCUT2D eigenvalue weighted by Gasteiger charge is 1.99. The Bertz CT molecular complexity index is 322. The molecule has 0 saturated carbocycles. The molecule has 0 unspecified atom stereocenters. The van der Waals surface area contributed by atoms with Gasteiger partial charge in [-0.3, -0.25) is 0 Å². The SMILES string of the molecule is CCSSC(=Nc1ccc(C)cc1)OC. The zero-order valence-corrected chi connectivity index (χ0v) is 10.8. The monoisotopic (exact) mass is 241 g/mol. The highest BCUT2D eigenvalue weighted by Crippen LogP contribution is 2.25. The lowest BCUT2D eigenvalue weighted by Crippen LogP contribution is -1.92. The van der Waals surface area contributed by atoms with Crippen molar-refractivity contribution in [3.63, 3.8) is 0 Å². The third-order valence-corrected chi connectivity index (χ3v) is 3.92. The lowest BCUT2D eigenvalue weighted by molar-refractivity contribution is 0.417. The summed E-state index contributed by atoms with van der Waals surface area (Å²) < 4.78 is 5.18. The molecule has 0 saturated heterocycles. The first-order valence-electron chi connectivity index (χ1n) is 4.75. The quantitative estimate of drug-likeness (QED) is 0.453. The van der Waals surface area contributed by atoms with Gasteiger partial charge in [0.25, 0.3) is 5.23 Å². The van der Waals surface area contributed by atoms with Crippen LogP contribution < -0.4 is 0 Å². The number of hydrogen-bond acceptors (Lipinski definition) is 4. The van der Waals surface area contributed by atoms with Crippen molar-refractivity contribution in [1.82, 2.24) is 0 Å². The van der Waals surface area contributed by atoms with Gasteiger partial charge in [0.15, 0.2) is 0 Å². The van der Waals surface area contributed by atoms with Gasteiger partial charge in [0.1, 0.15) is 0 Å².